The predicted molar refractivity (Wildman–Crippen MR) is 164 cm³/mol. The molecule has 10 nitrogen and oxygen atoms in total. The van der Waals surface area contributed by atoms with E-state index in [0.29, 0.717) is 19.3 Å². The molecule has 1 fully saturated rings. The van der Waals surface area contributed by atoms with Crippen LogP contribution in [-0.2, 0) is 21.0 Å². The number of imidazole rings is 1. The Kier molecular flexibility index (Phi) is 9.58. The van der Waals surface area contributed by atoms with E-state index in [2.05, 4.69) is 45.2 Å². The monoisotopic (exact) mass is 582 g/mol. The Morgan fingerprint density at radius 1 is 1.15 bits per heavy atom. The van der Waals surface area contributed by atoms with Gasteiger partial charge in [0, 0.05) is 50.6 Å². The largest absolute Gasteiger partial charge is 0.444 e. The van der Waals surface area contributed by atoms with E-state index in [1.165, 1.54) is 0 Å². The molecule has 0 aromatic carbocycles. The van der Waals surface area contributed by atoms with Crippen molar-refractivity contribution in [3.63, 3.8) is 0 Å². The Hall–Kier alpha value is -3.18. The molecule has 0 saturated heterocycles. The van der Waals surface area contributed by atoms with Crippen molar-refractivity contribution in [2.24, 2.45) is 11.8 Å². The van der Waals surface area contributed by atoms with Crippen LogP contribution in [0.1, 0.15) is 53.4 Å². The summed E-state index contributed by atoms with van der Waals surface area (Å²) in [7, 11) is -1.21. The number of aromatic amines is 1. The number of pyridine rings is 1. The summed E-state index contributed by atoms with van der Waals surface area (Å²) in [5.74, 6) is 0.966. The fraction of sp³-hybridized carbons (Fsp3) is 0.600. The first kappa shape index (κ1) is 30.8. The van der Waals surface area contributed by atoms with Crippen LogP contribution >= 0.6 is 0 Å². The average Bonchev–Trinajstić information content (AvgIpc) is 3.53. The molecule has 1 aliphatic carbocycles. The summed E-state index contributed by atoms with van der Waals surface area (Å²) in [6, 6.07) is 4.93. The Morgan fingerprint density at radius 2 is 1.88 bits per heavy atom. The molecule has 1 unspecified atom stereocenters. The van der Waals surface area contributed by atoms with Crippen LogP contribution in [0.15, 0.2) is 30.7 Å². The van der Waals surface area contributed by atoms with Gasteiger partial charge in [0.2, 0.25) is 5.91 Å². The summed E-state index contributed by atoms with van der Waals surface area (Å²) in [6.45, 7) is 15.6. The number of fused-ring (bicyclic) bond motifs is 1. The maximum atomic E-state index is 13.4. The lowest BCUT2D eigenvalue weighted by molar-refractivity contribution is -0.121. The van der Waals surface area contributed by atoms with Gasteiger partial charge >= 0.3 is 6.09 Å². The first-order valence-electron chi connectivity index (χ1n) is 14.7. The molecule has 1 aliphatic rings. The lowest BCUT2D eigenvalue weighted by atomic mass is 9.78. The SMILES string of the molecule is CC(NC(=O)OC(C)(C)C)[C@H]1CC[C@H](C(=O)Nc2ccnc3c2cc(-c2ncc[nH]2)n3COCC[Si](C)(C)C)CC1. The zero-order chi connectivity index (χ0) is 29.8. The van der Waals surface area contributed by atoms with Gasteiger partial charge in [0.15, 0.2) is 5.82 Å². The number of H-pyrrole nitrogens is 1. The molecule has 224 valence electrons. The number of carbonyl (C=O) groups excluding carboxylic acids is 2. The van der Waals surface area contributed by atoms with Crippen molar-refractivity contribution >= 4 is 36.8 Å². The van der Waals surface area contributed by atoms with E-state index in [9.17, 15) is 9.59 Å². The van der Waals surface area contributed by atoms with E-state index in [1.54, 1.807) is 18.6 Å². The summed E-state index contributed by atoms with van der Waals surface area (Å²) in [6.07, 6.45) is 8.13. The number of rotatable bonds is 10. The Bertz CT molecular complexity index is 1320. The number of amides is 2. The molecular formula is C30H46N6O4Si. The second-order valence-electron chi connectivity index (χ2n) is 13.4. The molecule has 3 heterocycles. The molecule has 0 radical (unpaired) electrons. The number of nitrogens with zero attached hydrogens (tertiary/aromatic N) is 3. The van der Waals surface area contributed by atoms with E-state index in [4.69, 9.17) is 9.47 Å². The molecule has 41 heavy (non-hydrogen) atoms. The average molecular weight is 583 g/mol. The summed E-state index contributed by atoms with van der Waals surface area (Å²) in [5.41, 5.74) is 1.81. The molecule has 3 N–H and O–H groups in total. The fourth-order valence-corrected chi connectivity index (χ4v) is 6.01. The third kappa shape index (κ3) is 8.42. The highest BCUT2D eigenvalue weighted by Gasteiger charge is 2.31. The first-order valence-corrected chi connectivity index (χ1v) is 18.4. The van der Waals surface area contributed by atoms with E-state index < -0.39 is 19.8 Å². The topological polar surface area (TPSA) is 123 Å². The normalized spacial score (nSPS) is 18.7. The quantitative estimate of drug-likeness (QED) is 0.188. The summed E-state index contributed by atoms with van der Waals surface area (Å²) < 4.78 is 13.5. The summed E-state index contributed by atoms with van der Waals surface area (Å²) in [5, 5.41) is 7.00. The smallest absolute Gasteiger partial charge is 0.407 e. The van der Waals surface area contributed by atoms with E-state index >= 15 is 0 Å². The molecule has 1 saturated carbocycles. The van der Waals surface area contributed by atoms with Crippen LogP contribution in [0.3, 0.4) is 0 Å². The fourth-order valence-electron chi connectivity index (χ4n) is 5.25. The van der Waals surface area contributed by atoms with Gasteiger partial charge in [-0.2, -0.15) is 0 Å². The van der Waals surface area contributed by atoms with Crippen molar-refractivity contribution < 1.29 is 19.1 Å². The molecule has 2 amide bonds. The molecule has 1 atom stereocenters. The minimum atomic E-state index is -1.21. The highest BCUT2D eigenvalue weighted by molar-refractivity contribution is 6.76. The summed E-state index contributed by atoms with van der Waals surface area (Å²) >= 11 is 0. The van der Waals surface area contributed by atoms with Crippen LogP contribution in [-0.4, -0.2) is 57.8 Å². The second kappa shape index (κ2) is 12.8. The third-order valence-corrected chi connectivity index (χ3v) is 9.31. The summed E-state index contributed by atoms with van der Waals surface area (Å²) in [4.78, 5) is 37.9. The number of anilines is 1. The van der Waals surface area contributed by atoms with Gasteiger partial charge in [-0.3, -0.25) is 9.36 Å². The van der Waals surface area contributed by atoms with Crippen LogP contribution in [0.2, 0.25) is 25.7 Å². The maximum Gasteiger partial charge on any atom is 0.407 e. The van der Waals surface area contributed by atoms with Crippen LogP contribution < -0.4 is 10.6 Å². The molecule has 3 aromatic heterocycles. The van der Waals surface area contributed by atoms with Crippen LogP contribution in [0.5, 0.6) is 0 Å². The minimum absolute atomic E-state index is 0.0126. The van der Waals surface area contributed by atoms with Crippen LogP contribution in [0, 0.1) is 11.8 Å². The zero-order valence-corrected chi connectivity index (χ0v) is 26.5. The van der Waals surface area contributed by atoms with Gasteiger partial charge in [-0.1, -0.05) is 19.6 Å². The Morgan fingerprint density at radius 3 is 2.51 bits per heavy atom. The van der Waals surface area contributed by atoms with Gasteiger partial charge in [0.1, 0.15) is 18.0 Å². The van der Waals surface area contributed by atoms with E-state index in [0.717, 1.165) is 60.0 Å². The van der Waals surface area contributed by atoms with Gasteiger partial charge in [-0.25, -0.2) is 14.8 Å². The van der Waals surface area contributed by atoms with Crippen molar-refractivity contribution in [3.8, 4) is 11.5 Å². The molecule has 0 bridgehead atoms. The number of alkyl carbamates (subject to hydrolysis) is 1. The zero-order valence-electron chi connectivity index (χ0n) is 25.5. The van der Waals surface area contributed by atoms with Gasteiger partial charge in [-0.15, -0.1) is 0 Å². The number of carbonyl (C=O) groups is 2. The second-order valence-corrected chi connectivity index (χ2v) is 19.0. The maximum absolute atomic E-state index is 13.4. The third-order valence-electron chi connectivity index (χ3n) is 7.61. The lowest BCUT2D eigenvalue weighted by Crippen LogP contribution is -2.42. The van der Waals surface area contributed by atoms with Crippen LogP contribution in [0.25, 0.3) is 22.6 Å². The van der Waals surface area contributed by atoms with Gasteiger partial charge in [0.25, 0.3) is 0 Å². The van der Waals surface area contributed by atoms with Gasteiger partial charge in [-0.05, 0) is 77.5 Å². The molecular weight excluding hydrogens is 536 g/mol. The number of aromatic nitrogens is 4. The Balaban J connectivity index is 1.42. The first-order chi connectivity index (χ1) is 19.3. The number of hydrogen-bond donors (Lipinski definition) is 3. The molecule has 0 spiro atoms. The molecule has 0 aliphatic heterocycles. The number of hydrogen-bond acceptors (Lipinski definition) is 6. The van der Waals surface area contributed by atoms with Gasteiger partial charge < -0.3 is 25.1 Å². The molecule has 3 aromatic rings. The van der Waals surface area contributed by atoms with Gasteiger partial charge in [0.05, 0.1) is 11.4 Å². The predicted octanol–water partition coefficient (Wildman–Crippen LogP) is 6.40. The molecule has 11 heteroatoms. The van der Waals surface area contributed by atoms with Crippen molar-refractivity contribution in [1.82, 2.24) is 24.8 Å². The van der Waals surface area contributed by atoms with Crippen molar-refractivity contribution in [3.05, 3.63) is 30.7 Å². The lowest BCUT2D eigenvalue weighted by Gasteiger charge is -2.32. The number of nitrogens with one attached hydrogen (secondary N) is 3. The van der Waals surface area contributed by atoms with Crippen LogP contribution in [0.4, 0.5) is 10.5 Å². The van der Waals surface area contributed by atoms with Crippen molar-refractivity contribution in [2.45, 2.75) is 97.4 Å². The minimum Gasteiger partial charge on any atom is -0.444 e. The van der Waals surface area contributed by atoms with E-state index in [-0.39, 0.29) is 17.9 Å². The van der Waals surface area contributed by atoms with Crippen molar-refractivity contribution in [2.75, 3.05) is 11.9 Å². The highest BCUT2D eigenvalue weighted by atomic mass is 28.3. The van der Waals surface area contributed by atoms with E-state index in [1.807, 2.05) is 44.4 Å². The number of ether oxygens (including phenoxy) is 2. The molecule has 4 rings (SSSR count). The van der Waals surface area contributed by atoms with Crippen molar-refractivity contribution in [1.29, 1.82) is 0 Å². The highest BCUT2D eigenvalue weighted by Crippen LogP contribution is 2.34. The standard InChI is InChI=1S/C30H46N6O4Si/c1-20(34-29(38)40-30(2,3)4)21-8-10-22(11-9-21)28(37)35-24-12-13-33-27-23(24)18-25(26-31-14-15-32-26)36(27)19-39-16-17-41(5,6)7/h12-15,18,20-22H,8-11,16-17,19H2,1-7H3,(H,31,32)(H,34,38)(H,33,35,37)/t20?,21-,22-. The Labute approximate surface area is 244 Å².